The molecule has 0 unspecified atom stereocenters. The van der Waals surface area contributed by atoms with Crippen LogP contribution in [0.25, 0.3) is 17.4 Å². The van der Waals surface area contributed by atoms with Crippen LogP contribution in [0.4, 0.5) is 0 Å². The highest BCUT2D eigenvalue weighted by Gasteiger charge is 2.27. The molecule has 4 heterocycles. The molecule has 1 aliphatic rings. The number of aromatic nitrogens is 4. The Morgan fingerprint density at radius 1 is 1.21 bits per heavy atom. The summed E-state index contributed by atoms with van der Waals surface area (Å²) in [6.45, 7) is 2.82. The molecule has 3 aromatic heterocycles. The van der Waals surface area contributed by atoms with Crippen LogP contribution in [0, 0.1) is 0 Å². The summed E-state index contributed by atoms with van der Waals surface area (Å²) in [5.74, 6) is 0.797. The Balaban J connectivity index is 1.31. The van der Waals surface area contributed by atoms with Crippen LogP contribution >= 0.6 is 0 Å². The Kier molecular flexibility index (Phi) is 6.46. The molecule has 0 radical (unpaired) electrons. The van der Waals surface area contributed by atoms with Gasteiger partial charge in [-0.25, -0.2) is 9.97 Å². The number of likely N-dealkylation sites (tertiary alicyclic amines) is 1. The summed E-state index contributed by atoms with van der Waals surface area (Å²) in [5, 5.41) is 7.57. The number of hydrogen-bond donors (Lipinski definition) is 1. The molecule has 9 heteroatoms. The van der Waals surface area contributed by atoms with Gasteiger partial charge in [0.05, 0.1) is 30.3 Å². The quantitative estimate of drug-likeness (QED) is 0.433. The third kappa shape index (κ3) is 4.75. The lowest BCUT2D eigenvalue weighted by Crippen LogP contribution is -2.37. The molecule has 174 valence electrons. The standard InChI is InChI=1S/C25H26N6O3/c1-33-17-22-20(14-27-31(22)25-26-11-9-21(29-25)23-8-5-13-34-23)24(32)28-19-10-12-30(16-19)15-18-6-3-2-4-7-18/h2-9,11,13-14,19H,10,12,15-17H2,1H3,(H,28,32)/t19-/m0/s1. The highest BCUT2D eigenvalue weighted by atomic mass is 16.5. The lowest BCUT2D eigenvalue weighted by molar-refractivity contribution is 0.0932. The zero-order valence-corrected chi connectivity index (χ0v) is 18.9. The molecule has 1 fully saturated rings. The van der Waals surface area contributed by atoms with E-state index in [4.69, 9.17) is 9.15 Å². The van der Waals surface area contributed by atoms with Crippen molar-refractivity contribution in [2.24, 2.45) is 0 Å². The topological polar surface area (TPSA) is 98.3 Å². The van der Waals surface area contributed by atoms with Crippen LogP contribution in [-0.2, 0) is 17.9 Å². The molecule has 4 aromatic rings. The van der Waals surface area contributed by atoms with Gasteiger partial charge in [-0.3, -0.25) is 9.69 Å². The Bertz CT molecular complexity index is 1240. The van der Waals surface area contributed by atoms with E-state index in [0.29, 0.717) is 28.7 Å². The third-order valence-corrected chi connectivity index (χ3v) is 5.86. The Labute approximate surface area is 197 Å². The van der Waals surface area contributed by atoms with Crippen molar-refractivity contribution in [3.63, 3.8) is 0 Å². The fourth-order valence-corrected chi connectivity index (χ4v) is 4.22. The van der Waals surface area contributed by atoms with E-state index in [1.807, 2.05) is 24.3 Å². The summed E-state index contributed by atoms with van der Waals surface area (Å²) in [6, 6.07) is 15.8. The van der Waals surface area contributed by atoms with Gasteiger partial charge in [0.25, 0.3) is 11.9 Å². The average molecular weight is 459 g/mol. The van der Waals surface area contributed by atoms with E-state index in [1.54, 1.807) is 42.6 Å². The lowest BCUT2D eigenvalue weighted by atomic mass is 10.2. The number of amides is 1. The van der Waals surface area contributed by atoms with Crippen molar-refractivity contribution in [1.82, 2.24) is 30.0 Å². The van der Waals surface area contributed by atoms with Crippen molar-refractivity contribution in [2.45, 2.75) is 25.6 Å². The van der Waals surface area contributed by atoms with Crippen molar-refractivity contribution in [1.29, 1.82) is 0 Å². The molecule has 0 spiro atoms. The number of methoxy groups -OCH3 is 1. The number of nitrogens with zero attached hydrogens (tertiary/aromatic N) is 5. The molecule has 0 bridgehead atoms. The van der Waals surface area contributed by atoms with E-state index in [2.05, 4.69) is 37.4 Å². The largest absolute Gasteiger partial charge is 0.463 e. The number of nitrogens with one attached hydrogen (secondary N) is 1. The van der Waals surface area contributed by atoms with Crippen molar-refractivity contribution < 1.29 is 13.9 Å². The first-order valence-electron chi connectivity index (χ1n) is 11.2. The maximum absolute atomic E-state index is 13.2. The van der Waals surface area contributed by atoms with Gasteiger partial charge in [-0.15, -0.1) is 0 Å². The first-order valence-corrected chi connectivity index (χ1v) is 11.2. The van der Waals surface area contributed by atoms with Crippen LogP contribution in [0.5, 0.6) is 0 Å². The molecular weight excluding hydrogens is 432 g/mol. The van der Waals surface area contributed by atoms with E-state index < -0.39 is 0 Å². The first kappa shape index (κ1) is 22.0. The van der Waals surface area contributed by atoms with E-state index >= 15 is 0 Å². The molecule has 1 N–H and O–H groups in total. The number of carbonyl (C=O) groups excluding carboxylic acids is 1. The van der Waals surface area contributed by atoms with Crippen LogP contribution in [0.2, 0.25) is 0 Å². The Morgan fingerprint density at radius 2 is 2.09 bits per heavy atom. The van der Waals surface area contributed by atoms with E-state index in [0.717, 1.165) is 26.1 Å². The maximum atomic E-state index is 13.2. The molecule has 0 aliphatic carbocycles. The van der Waals surface area contributed by atoms with Crippen LogP contribution < -0.4 is 5.32 Å². The van der Waals surface area contributed by atoms with Gasteiger partial charge in [-0.2, -0.15) is 9.78 Å². The molecule has 1 amide bonds. The van der Waals surface area contributed by atoms with Gasteiger partial charge in [0.2, 0.25) is 0 Å². The van der Waals surface area contributed by atoms with Gasteiger partial charge in [-0.05, 0) is 30.2 Å². The zero-order chi connectivity index (χ0) is 23.3. The molecule has 9 nitrogen and oxygen atoms in total. The highest BCUT2D eigenvalue weighted by molar-refractivity contribution is 5.95. The van der Waals surface area contributed by atoms with Crippen LogP contribution in [0.1, 0.15) is 28.0 Å². The monoisotopic (exact) mass is 458 g/mol. The normalized spacial score (nSPS) is 16.1. The van der Waals surface area contributed by atoms with Crippen molar-refractivity contribution in [2.75, 3.05) is 20.2 Å². The van der Waals surface area contributed by atoms with E-state index in [9.17, 15) is 4.79 Å². The Morgan fingerprint density at radius 3 is 2.88 bits per heavy atom. The van der Waals surface area contributed by atoms with Gasteiger partial charge >= 0.3 is 0 Å². The summed E-state index contributed by atoms with van der Waals surface area (Å²) in [6.07, 6.45) is 5.68. The first-order chi connectivity index (χ1) is 16.7. The summed E-state index contributed by atoms with van der Waals surface area (Å²) in [4.78, 5) is 24.4. The summed E-state index contributed by atoms with van der Waals surface area (Å²) in [7, 11) is 1.58. The second kappa shape index (κ2) is 9.98. The SMILES string of the molecule is COCc1c(C(=O)N[C@H]2CCN(Cc3ccccc3)C2)cnn1-c1nccc(-c2ccco2)n1. The third-order valence-electron chi connectivity index (χ3n) is 5.86. The van der Waals surface area contributed by atoms with Crippen molar-refractivity contribution >= 4 is 5.91 Å². The van der Waals surface area contributed by atoms with Crippen LogP contribution in [0.3, 0.4) is 0 Å². The van der Waals surface area contributed by atoms with Crippen LogP contribution in [0.15, 0.2) is 71.6 Å². The molecule has 1 saturated heterocycles. The fourth-order valence-electron chi connectivity index (χ4n) is 4.22. The second-order valence-electron chi connectivity index (χ2n) is 8.25. The van der Waals surface area contributed by atoms with E-state index in [1.165, 1.54) is 5.56 Å². The molecular formula is C25H26N6O3. The predicted octanol–water partition coefficient (Wildman–Crippen LogP) is 3.07. The number of benzene rings is 1. The number of hydrogen-bond acceptors (Lipinski definition) is 7. The smallest absolute Gasteiger partial charge is 0.255 e. The highest BCUT2D eigenvalue weighted by Crippen LogP contribution is 2.20. The minimum Gasteiger partial charge on any atom is -0.463 e. The van der Waals surface area contributed by atoms with Gasteiger partial charge in [0, 0.05) is 39.0 Å². The minimum atomic E-state index is -0.174. The summed E-state index contributed by atoms with van der Waals surface area (Å²) >= 11 is 0. The number of ether oxygens (including phenoxy) is 1. The molecule has 5 rings (SSSR count). The predicted molar refractivity (Wildman–Crippen MR) is 125 cm³/mol. The van der Waals surface area contributed by atoms with Crippen molar-refractivity contribution in [3.8, 4) is 17.4 Å². The van der Waals surface area contributed by atoms with Crippen LogP contribution in [-0.4, -0.2) is 56.8 Å². The molecule has 1 atom stereocenters. The average Bonchev–Trinajstić information content (AvgIpc) is 3.62. The number of furan rings is 1. The number of carbonyl (C=O) groups is 1. The minimum absolute atomic E-state index is 0.0773. The zero-order valence-electron chi connectivity index (χ0n) is 18.9. The van der Waals surface area contributed by atoms with Gasteiger partial charge < -0.3 is 14.5 Å². The van der Waals surface area contributed by atoms with Crippen molar-refractivity contribution in [3.05, 3.63) is 84.0 Å². The fraction of sp³-hybridized carbons (Fsp3) is 0.280. The van der Waals surface area contributed by atoms with Gasteiger partial charge in [-0.1, -0.05) is 30.3 Å². The summed E-state index contributed by atoms with van der Waals surface area (Å²) in [5.41, 5.74) is 2.95. The van der Waals surface area contributed by atoms with Gasteiger partial charge in [0.15, 0.2) is 5.76 Å². The molecule has 1 aliphatic heterocycles. The maximum Gasteiger partial charge on any atom is 0.255 e. The van der Waals surface area contributed by atoms with Gasteiger partial charge in [0.1, 0.15) is 5.69 Å². The lowest BCUT2D eigenvalue weighted by Gasteiger charge is -2.17. The second-order valence-corrected chi connectivity index (χ2v) is 8.25. The Hall–Kier alpha value is -3.82. The molecule has 34 heavy (non-hydrogen) atoms. The number of rotatable bonds is 8. The molecule has 1 aromatic carbocycles. The summed E-state index contributed by atoms with van der Waals surface area (Å²) < 4.78 is 12.4. The van der Waals surface area contributed by atoms with E-state index in [-0.39, 0.29) is 18.6 Å². The molecule has 0 saturated carbocycles.